The molecule has 1 aromatic carbocycles. The van der Waals surface area contributed by atoms with E-state index in [0.29, 0.717) is 5.56 Å². The van der Waals surface area contributed by atoms with Crippen molar-refractivity contribution in [3.8, 4) is 17.6 Å². The highest BCUT2D eigenvalue weighted by molar-refractivity contribution is 6.06. The molecule has 0 aliphatic heterocycles. The van der Waals surface area contributed by atoms with E-state index in [1.807, 2.05) is 32.0 Å². The minimum atomic E-state index is -0.512. The molecule has 118 valence electrons. The van der Waals surface area contributed by atoms with Crippen molar-refractivity contribution in [1.82, 2.24) is 4.68 Å². The van der Waals surface area contributed by atoms with Crippen LogP contribution >= 0.6 is 0 Å². The molecule has 2 N–H and O–H groups in total. The van der Waals surface area contributed by atoms with Crippen molar-refractivity contribution in [2.24, 2.45) is 0 Å². The molecular weight excluding hydrogens is 294 g/mol. The topological polar surface area (TPSA) is 87.3 Å². The Morgan fingerprint density at radius 2 is 1.96 bits per heavy atom. The highest BCUT2D eigenvalue weighted by Crippen LogP contribution is 2.27. The van der Waals surface area contributed by atoms with Crippen molar-refractivity contribution < 1.29 is 14.6 Å². The number of nitrogens with one attached hydrogen (secondary N) is 1. The molecule has 1 amide bonds. The Hall–Kier alpha value is -3.20. The molecule has 6 heteroatoms. The van der Waals surface area contributed by atoms with Crippen molar-refractivity contribution in [2.45, 2.75) is 13.8 Å². The van der Waals surface area contributed by atoms with E-state index in [1.54, 1.807) is 16.8 Å². The lowest BCUT2D eigenvalue weighted by molar-refractivity contribution is -0.113. The SMILES string of the molecule is COc1cc(/C=C(/C#N)C(=O)Nn2c(C)ccc2C)ccc1O. The Morgan fingerprint density at radius 1 is 1.30 bits per heavy atom. The van der Waals surface area contributed by atoms with Gasteiger partial charge in [0, 0.05) is 11.4 Å². The number of hydrogen-bond acceptors (Lipinski definition) is 4. The van der Waals surface area contributed by atoms with E-state index in [2.05, 4.69) is 5.43 Å². The minimum Gasteiger partial charge on any atom is -0.504 e. The van der Waals surface area contributed by atoms with Crippen LogP contribution in [0.25, 0.3) is 6.08 Å². The summed E-state index contributed by atoms with van der Waals surface area (Å²) in [4.78, 5) is 12.3. The van der Waals surface area contributed by atoms with Crippen molar-refractivity contribution >= 4 is 12.0 Å². The van der Waals surface area contributed by atoms with Crippen LogP contribution in [0.5, 0.6) is 11.5 Å². The number of rotatable bonds is 4. The summed E-state index contributed by atoms with van der Waals surface area (Å²) in [5.41, 5.74) is 4.92. The first-order chi connectivity index (χ1) is 11.0. The first-order valence-corrected chi connectivity index (χ1v) is 6.91. The summed E-state index contributed by atoms with van der Waals surface area (Å²) in [6, 6.07) is 10.2. The quantitative estimate of drug-likeness (QED) is 0.671. The Labute approximate surface area is 134 Å². The van der Waals surface area contributed by atoms with Gasteiger partial charge in [-0.2, -0.15) is 5.26 Å². The van der Waals surface area contributed by atoms with Crippen LogP contribution in [-0.2, 0) is 4.79 Å². The van der Waals surface area contributed by atoms with Crippen LogP contribution in [0.15, 0.2) is 35.9 Å². The van der Waals surface area contributed by atoms with E-state index in [0.717, 1.165) is 11.4 Å². The van der Waals surface area contributed by atoms with Crippen LogP contribution in [-0.4, -0.2) is 22.8 Å². The van der Waals surface area contributed by atoms with Gasteiger partial charge < -0.3 is 9.84 Å². The molecule has 2 aromatic rings. The molecule has 0 saturated carbocycles. The number of aromatic nitrogens is 1. The van der Waals surface area contributed by atoms with Gasteiger partial charge in [-0.05, 0) is 49.8 Å². The van der Waals surface area contributed by atoms with E-state index < -0.39 is 5.91 Å². The highest BCUT2D eigenvalue weighted by Gasteiger charge is 2.12. The van der Waals surface area contributed by atoms with Crippen molar-refractivity contribution in [1.29, 1.82) is 5.26 Å². The zero-order valence-corrected chi connectivity index (χ0v) is 13.1. The van der Waals surface area contributed by atoms with Gasteiger partial charge in [0.1, 0.15) is 11.6 Å². The predicted molar refractivity (Wildman–Crippen MR) is 86.5 cm³/mol. The number of phenols is 1. The number of aromatic hydroxyl groups is 1. The van der Waals surface area contributed by atoms with Crippen LogP contribution in [0.3, 0.4) is 0 Å². The average molecular weight is 311 g/mol. The van der Waals surface area contributed by atoms with E-state index >= 15 is 0 Å². The first-order valence-electron chi connectivity index (χ1n) is 6.91. The normalized spacial score (nSPS) is 11.0. The summed E-state index contributed by atoms with van der Waals surface area (Å²) < 4.78 is 6.63. The van der Waals surface area contributed by atoms with Gasteiger partial charge in [0.2, 0.25) is 0 Å². The molecular formula is C17H17N3O3. The summed E-state index contributed by atoms with van der Waals surface area (Å²) in [5, 5.41) is 18.8. The number of aryl methyl sites for hydroxylation is 2. The molecule has 0 radical (unpaired) electrons. The van der Waals surface area contributed by atoms with Gasteiger partial charge in [0.25, 0.3) is 5.91 Å². The lowest BCUT2D eigenvalue weighted by atomic mass is 10.1. The number of carbonyl (C=O) groups is 1. The minimum absolute atomic E-state index is 0.00815. The number of hydrogen-bond donors (Lipinski definition) is 2. The molecule has 0 aliphatic carbocycles. The number of benzene rings is 1. The number of ether oxygens (including phenoxy) is 1. The Kier molecular flexibility index (Phi) is 4.72. The highest BCUT2D eigenvalue weighted by atomic mass is 16.5. The van der Waals surface area contributed by atoms with Gasteiger partial charge in [-0.15, -0.1) is 0 Å². The largest absolute Gasteiger partial charge is 0.504 e. The standard InChI is InChI=1S/C17H17N3O3/c1-11-4-5-12(2)20(11)19-17(22)14(10-18)8-13-6-7-15(21)16(9-13)23-3/h4-9,21H,1-3H3,(H,19,22)/b14-8-. The third-order valence-electron chi connectivity index (χ3n) is 3.36. The second kappa shape index (κ2) is 6.71. The molecule has 0 unspecified atom stereocenters. The molecule has 0 fully saturated rings. The molecule has 2 rings (SSSR count). The molecule has 6 nitrogen and oxygen atoms in total. The molecule has 0 aliphatic rings. The smallest absolute Gasteiger partial charge is 0.280 e. The van der Waals surface area contributed by atoms with Crippen LogP contribution in [0.1, 0.15) is 17.0 Å². The summed E-state index contributed by atoms with van der Waals surface area (Å²) >= 11 is 0. The fraction of sp³-hybridized carbons (Fsp3) is 0.176. The number of methoxy groups -OCH3 is 1. The maximum Gasteiger partial charge on any atom is 0.280 e. The summed E-state index contributed by atoms with van der Waals surface area (Å²) in [5.74, 6) is -0.248. The maximum atomic E-state index is 12.3. The number of amides is 1. The predicted octanol–water partition coefficient (Wildman–Crippen LogP) is 2.50. The molecule has 1 heterocycles. The van der Waals surface area contributed by atoms with Crippen LogP contribution in [0, 0.1) is 25.2 Å². The number of nitriles is 1. The van der Waals surface area contributed by atoms with Gasteiger partial charge in [0.15, 0.2) is 11.5 Å². The zero-order chi connectivity index (χ0) is 17.0. The lowest BCUT2D eigenvalue weighted by Gasteiger charge is -2.10. The molecule has 0 saturated heterocycles. The Balaban J connectivity index is 2.29. The zero-order valence-electron chi connectivity index (χ0n) is 13.1. The monoisotopic (exact) mass is 311 g/mol. The van der Waals surface area contributed by atoms with E-state index in [-0.39, 0.29) is 17.1 Å². The van der Waals surface area contributed by atoms with Crippen LogP contribution in [0.2, 0.25) is 0 Å². The maximum absolute atomic E-state index is 12.3. The van der Waals surface area contributed by atoms with Crippen molar-refractivity contribution in [2.75, 3.05) is 12.5 Å². The van der Waals surface area contributed by atoms with Gasteiger partial charge >= 0.3 is 0 Å². The number of nitrogens with zero attached hydrogens (tertiary/aromatic N) is 2. The summed E-state index contributed by atoms with van der Waals surface area (Å²) in [7, 11) is 1.43. The fourth-order valence-corrected chi connectivity index (χ4v) is 2.11. The molecule has 0 spiro atoms. The third-order valence-corrected chi connectivity index (χ3v) is 3.36. The van der Waals surface area contributed by atoms with E-state index in [9.17, 15) is 15.2 Å². The van der Waals surface area contributed by atoms with Gasteiger partial charge in [0.05, 0.1) is 7.11 Å². The first kappa shape index (κ1) is 16.2. The second-order valence-electron chi connectivity index (χ2n) is 4.99. The van der Waals surface area contributed by atoms with Crippen LogP contribution in [0.4, 0.5) is 0 Å². The number of phenolic OH excluding ortho intramolecular Hbond substituents is 1. The summed E-state index contributed by atoms with van der Waals surface area (Å²) in [6.07, 6.45) is 1.44. The third kappa shape index (κ3) is 3.52. The van der Waals surface area contributed by atoms with E-state index in [1.165, 1.54) is 19.3 Å². The molecule has 0 atom stereocenters. The molecule has 23 heavy (non-hydrogen) atoms. The Morgan fingerprint density at radius 3 is 2.52 bits per heavy atom. The van der Waals surface area contributed by atoms with E-state index in [4.69, 9.17) is 4.74 Å². The average Bonchev–Trinajstić information content (AvgIpc) is 2.85. The van der Waals surface area contributed by atoms with Gasteiger partial charge in [-0.25, -0.2) is 0 Å². The molecule has 0 bridgehead atoms. The van der Waals surface area contributed by atoms with Gasteiger partial charge in [-0.3, -0.25) is 14.9 Å². The lowest BCUT2D eigenvalue weighted by Crippen LogP contribution is -2.25. The second-order valence-corrected chi connectivity index (χ2v) is 4.99. The van der Waals surface area contributed by atoms with Gasteiger partial charge in [-0.1, -0.05) is 6.07 Å². The Bertz CT molecular complexity index is 793. The molecule has 1 aromatic heterocycles. The van der Waals surface area contributed by atoms with Crippen molar-refractivity contribution in [3.63, 3.8) is 0 Å². The van der Waals surface area contributed by atoms with Crippen molar-refractivity contribution in [3.05, 3.63) is 52.9 Å². The fourth-order valence-electron chi connectivity index (χ4n) is 2.11. The summed E-state index contributed by atoms with van der Waals surface area (Å²) in [6.45, 7) is 3.71. The number of carbonyl (C=O) groups excluding carboxylic acids is 1. The van der Waals surface area contributed by atoms with Crippen LogP contribution < -0.4 is 10.2 Å².